The second kappa shape index (κ2) is 6.96. The van der Waals surface area contributed by atoms with E-state index in [-0.39, 0.29) is 11.9 Å². The fraction of sp³-hybridized carbons (Fsp3) is 0.200. The number of rotatable bonds is 4. The lowest BCUT2D eigenvalue weighted by atomic mass is 10.1. The van der Waals surface area contributed by atoms with Crippen LogP contribution in [0, 0.1) is 6.92 Å². The summed E-state index contributed by atoms with van der Waals surface area (Å²) in [6, 6.07) is 10.5. The first-order valence-electron chi connectivity index (χ1n) is 8.47. The van der Waals surface area contributed by atoms with E-state index in [1.165, 1.54) is 0 Å². The van der Waals surface area contributed by atoms with Crippen molar-refractivity contribution in [3.63, 3.8) is 0 Å². The molecule has 1 atom stereocenters. The van der Waals surface area contributed by atoms with E-state index < -0.39 is 0 Å². The number of benzene rings is 2. The van der Waals surface area contributed by atoms with Crippen LogP contribution < -0.4 is 14.8 Å². The van der Waals surface area contributed by atoms with Gasteiger partial charge in [-0.15, -0.1) is 0 Å². The molecule has 4 rings (SSSR count). The molecule has 1 N–H and O–H groups in total. The van der Waals surface area contributed by atoms with Crippen molar-refractivity contribution >= 4 is 17.5 Å². The van der Waals surface area contributed by atoms with E-state index >= 15 is 0 Å². The van der Waals surface area contributed by atoms with Crippen molar-refractivity contribution in [1.82, 2.24) is 14.9 Å². The minimum atomic E-state index is -0.242. The Morgan fingerprint density at radius 3 is 2.93 bits per heavy atom. The molecule has 27 heavy (non-hydrogen) atoms. The van der Waals surface area contributed by atoms with Crippen LogP contribution in [0.5, 0.6) is 11.5 Å². The van der Waals surface area contributed by atoms with Gasteiger partial charge in [-0.25, -0.2) is 4.98 Å². The number of ether oxygens (including phenoxy) is 2. The van der Waals surface area contributed by atoms with Crippen molar-refractivity contribution in [2.24, 2.45) is 0 Å². The number of nitrogens with one attached hydrogen (secondary N) is 1. The van der Waals surface area contributed by atoms with Crippen molar-refractivity contribution in [3.05, 3.63) is 70.8 Å². The number of fused-ring (bicyclic) bond motifs is 1. The van der Waals surface area contributed by atoms with E-state index in [0.29, 0.717) is 22.9 Å². The molecule has 0 aliphatic carbocycles. The van der Waals surface area contributed by atoms with E-state index in [1.807, 2.05) is 35.9 Å². The predicted octanol–water partition coefficient (Wildman–Crippen LogP) is 3.71. The molecule has 1 aliphatic heterocycles. The number of halogens is 1. The number of aryl methyl sites for hydroxylation is 1. The summed E-state index contributed by atoms with van der Waals surface area (Å²) in [4.78, 5) is 17.0. The molecule has 0 spiro atoms. The second-order valence-corrected chi connectivity index (χ2v) is 6.76. The average molecular weight is 384 g/mol. The molecule has 2 aromatic carbocycles. The summed E-state index contributed by atoms with van der Waals surface area (Å²) in [6.07, 6.45) is 3.61. The zero-order valence-electron chi connectivity index (χ0n) is 14.9. The molecule has 2 heterocycles. The summed E-state index contributed by atoms with van der Waals surface area (Å²) >= 11 is 6.07. The first kappa shape index (κ1) is 17.4. The second-order valence-electron chi connectivity index (χ2n) is 6.33. The summed E-state index contributed by atoms with van der Waals surface area (Å²) in [6.45, 7) is 2.30. The van der Waals surface area contributed by atoms with Crippen molar-refractivity contribution in [3.8, 4) is 17.2 Å². The van der Waals surface area contributed by atoms with Crippen LogP contribution in [0.2, 0.25) is 5.02 Å². The summed E-state index contributed by atoms with van der Waals surface area (Å²) in [5, 5.41) is 3.61. The maximum Gasteiger partial charge on any atom is 0.252 e. The highest BCUT2D eigenvalue weighted by Gasteiger charge is 2.26. The lowest BCUT2D eigenvalue weighted by Crippen LogP contribution is -2.29. The van der Waals surface area contributed by atoms with Crippen LogP contribution in [-0.2, 0) is 0 Å². The Morgan fingerprint density at radius 1 is 1.33 bits per heavy atom. The molecule has 0 saturated carbocycles. The summed E-state index contributed by atoms with van der Waals surface area (Å²) in [7, 11) is 1.58. The third kappa shape index (κ3) is 3.36. The molecule has 3 aromatic rings. The van der Waals surface area contributed by atoms with E-state index in [4.69, 9.17) is 21.1 Å². The number of carbonyl (C=O) groups excluding carboxylic acids is 1. The van der Waals surface area contributed by atoms with Gasteiger partial charge in [0.1, 0.15) is 18.1 Å². The van der Waals surface area contributed by atoms with Crippen LogP contribution in [0.25, 0.3) is 5.69 Å². The first-order chi connectivity index (χ1) is 13.0. The van der Waals surface area contributed by atoms with Gasteiger partial charge < -0.3 is 19.4 Å². The molecule has 138 valence electrons. The van der Waals surface area contributed by atoms with Gasteiger partial charge in [-0.1, -0.05) is 11.6 Å². The van der Waals surface area contributed by atoms with Crippen LogP contribution >= 0.6 is 11.6 Å². The Morgan fingerprint density at radius 2 is 2.19 bits per heavy atom. The van der Waals surface area contributed by atoms with Crippen molar-refractivity contribution < 1.29 is 14.3 Å². The van der Waals surface area contributed by atoms with Gasteiger partial charge in [0.2, 0.25) is 0 Å². The minimum Gasteiger partial charge on any atom is -0.495 e. The number of imidazole rings is 1. The number of aromatic nitrogens is 2. The highest BCUT2D eigenvalue weighted by Crippen LogP contribution is 2.34. The van der Waals surface area contributed by atoms with Crippen molar-refractivity contribution in [2.45, 2.75) is 13.0 Å². The molecule has 7 heteroatoms. The Balaban J connectivity index is 1.57. The van der Waals surface area contributed by atoms with Gasteiger partial charge in [0, 0.05) is 22.3 Å². The lowest BCUT2D eigenvalue weighted by Gasteiger charge is -2.14. The van der Waals surface area contributed by atoms with Gasteiger partial charge in [-0.2, -0.15) is 0 Å². The van der Waals surface area contributed by atoms with Crippen LogP contribution in [0.3, 0.4) is 0 Å². The molecule has 0 unspecified atom stereocenters. The first-order valence-corrected chi connectivity index (χ1v) is 8.85. The highest BCUT2D eigenvalue weighted by molar-refractivity contribution is 6.30. The molecular formula is C20H18ClN3O3. The maximum absolute atomic E-state index is 12.7. The van der Waals surface area contributed by atoms with E-state index in [1.54, 1.807) is 31.6 Å². The van der Waals surface area contributed by atoms with Gasteiger partial charge in [0.05, 0.1) is 30.9 Å². The zero-order valence-corrected chi connectivity index (χ0v) is 15.7. The van der Waals surface area contributed by atoms with Crippen molar-refractivity contribution in [2.75, 3.05) is 13.7 Å². The van der Waals surface area contributed by atoms with Crippen LogP contribution in [-0.4, -0.2) is 29.2 Å². The SMILES string of the molecule is COc1cc(C(=O)N[C@H]2COc3ccc(Cl)cc32)ccc1-n1cnc(C)c1. The van der Waals surface area contributed by atoms with Gasteiger partial charge in [0.25, 0.3) is 5.91 Å². The summed E-state index contributed by atoms with van der Waals surface area (Å²) in [5.74, 6) is 1.13. The quantitative estimate of drug-likeness (QED) is 0.746. The number of hydrogen-bond donors (Lipinski definition) is 1. The van der Waals surface area contributed by atoms with Crippen molar-refractivity contribution in [1.29, 1.82) is 0 Å². The highest BCUT2D eigenvalue weighted by atomic mass is 35.5. The topological polar surface area (TPSA) is 65.4 Å². The largest absolute Gasteiger partial charge is 0.495 e. The summed E-state index contributed by atoms with van der Waals surface area (Å²) < 4.78 is 12.9. The smallest absolute Gasteiger partial charge is 0.252 e. The van der Waals surface area contributed by atoms with Crippen LogP contribution in [0.4, 0.5) is 0 Å². The fourth-order valence-electron chi connectivity index (χ4n) is 3.13. The van der Waals surface area contributed by atoms with E-state index in [0.717, 1.165) is 22.7 Å². The third-order valence-corrected chi connectivity index (χ3v) is 4.72. The molecule has 1 aromatic heterocycles. The Hall–Kier alpha value is -2.99. The van der Waals surface area contributed by atoms with Crippen LogP contribution in [0.15, 0.2) is 48.9 Å². The molecule has 6 nitrogen and oxygen atoms in total. The Kier molecular flexibility index (Phi) is 4.49. The molecule has 0 radical (unpaired) electrons. The maximum atomic E-state index is 12.7. The standard InChI is InChI=1S/C20H18ClN3O3/c1-12-9-24(11-22-12)17-5-3-13(7-19(17)26-2)20(25)23-16-10-27-18-6-4-14(21)8-15(16)18/h3-9,11,16H,10H2,1-2H3,(H,23,25)/t16-/m0/s1. The lowest BCUT2D eigenvalue weighted by molar-refractivity contribution is 0.0930. The van der Waals surface area contributed by atoms with Gasteiger partial charge in [-0.05, 0) is 43.3 Å². The van der Waals surface area contributed by atoms with E-state index in [9.17, 15) is 4.79 Å². The molecular weight excluding hydrogens is 366 g/mol. The number of hydrogen-bond acceptors (Lipinski definition) is 4. The molecule has 0 bridgehead atoms. The normalized spacial score (nSPS) is 15.1. The monoisotopic (exact) mass is 383 g/mol. The van der Waals surface area contributed by atoms with Gasteiger partial charge >= 0.3 is 0 Å². The molecule has 0 fully saturated rings. The molecule has 1 aliphatic rings. The van der Waals surface area contributed by atoms with E-state index in [2.05, 4.69) is 10.3 Å². The number of methoxy groups -OCH3 is 1. The Bertz CT molecular complexity index is 1020. The zero-order chi connectivity index (χ0) is 19.0. The fourth-order valence-corrected chi connectivity index (χ4v) is 3.31. The van der Waals surface area contributed by atoms with Gasteiger partial charge in [0.15, 0.2) is 0 Å². The summed E-state index contributed by atoms with van der Waals surface area (Å²) in [5.41, 5.74) is 3.10. The number of amides is 1. The average Bonchev–Trinajstić information content (AvgIpc) is 3.27. The Labute approximate surface area is 161 Å². The van der Waals surface area contributed by atoms with Crippen LogP contribution in [0.1, 0.15) is 27.7 Å². The number of carbonyl (C=O) groups is 1. The predicted molar refractivity (Wildman–Crippen MR) is 102 cm³/mol. The third-order valence-electron chi connectivity index (χ3n) is 4.49. The van der Waals surface area contributed by atoms with Gasteiger partial charge in [-0.3, -0.25) is 4.79 Å². The number of nitrogens with zero attached hydrogens (tertiary/aromatic N) is 2. The molecule has 0 saturated heterocycles. The minimum absolute atomic E-state index is 0.205. The molecule has 1 amide bonds.